The largest absolute Gasteiger partial charge is 0.497 e. The average Bonchev–Trinajstić information content (AvgIpc) is 3.35. The third-order valence-electron chi connectivity index (χ3n) is 7.60. The van der Waals surface area contributed by atoms with Crippen molar-refractivity contribution in [3.63, 3.8) is 0 Å². The zero-order valence-corrected chi connectivity index (χ0v) is 26.5. The Morgan fingerprint density at radius 3 is 2.45 bits per heavy atom. The number of rotatable bonds is 9. The minimum Gasteiger partial charge on any atom is -0.497 e. The summed E-state index contributed by atoms with van der Waals surface area (Å²) in [5.74, 6) is 0.670. The number of ether oxygens (including phenoxy) is 2. The summed E-state index contributed by atoms with van der Waals surface area (Å²) in [6.45, 7) is 6.67. The number of aromatic nitrogens is 1. The first kappa shape index (κ1) is 32.8. The van der Waals surface area contributed by atoms with Gasteiger partial charge in [0.15, 0.2) is 5.76 Å². The summed E-state index contributed by atoms with van der Waals surface area (Å²) in [6, 6.07) is 10.8. The molecule has 44 heavy (non-hydrogen) atoms. The monoisotopic (exact) mass is 629 g/mol. The molecule has 3 aromatic rings. The first-order valence-corrected chi connectivity index (χ1v) is 15.6. The van der Waals surface area contributed by atoms with Crippen LogP contribution in [0.2, 0.25) is 0 Å². The number of fused-ring (bicyclic) bond motifs is 1. The Balaban J connectivity index is 1.61. The molecule has 13 nitrogen and oxygen atoms in total. The number of carbonyl (C=O) groups is 2. The molecule has 3 atom stereocenters. The van der Waals surface area contributed by atoms with Crippen LogP contribution in [0.25, 0.3) is 0 Å². The van der Waals surface area contributed by atoms with Gasteiger partial charge < -0.3 is 34.6 Å². The Bertz CT molecular complexity index is 1570. The van der Waals surface area contributed by atoms with E-state index in [1.165, 1.54) is 11.4 Å². The van der Waals surface area contributed by atoms with E-state index in [2.05, 4.69) is 15.8 Å². The summed E-state index contributed by atoms with van der Waals surface area (Å²) in [6.07, 6.45) is -0.729. The van der Waals surface area contributed by atoms with Crippen molar-refractivity contribution in [3.8, 4) is 11.5 Å². The third kappa shape index (κ3) is 7.31. The molecule has 0 aliphatic carbocycles. The molecule has 238 valence electrons. The zero-order chi connectivity index (χ0) is 32.2. The molecule has 14 heteroatoms. The molecule has 0 bridgehead atoms. The number of urea groups is 1. The lowest BCUT2D eigenvalue weighted by molar-refractivity contribution is -0.134. The Labute approximate surface area is 257 Å². The van der Waals surface area contributed by atoms with Crippen LogP contribution in [-0.4, -0.2) is 85.8 Å². The highest BCUT2D eigenvalue weighted by atomic mass is 32.2. The van der Waals surface area contributed by atoms with E-state index in [0.717, 1.165) is 0 Å². The molecule has 0 radical (unpaired) electrons. The van der Waals surface area contributed by atoms with Crippen LogP contribution in [0, 0.1) is 19.8 Å². The van der Waals surface area contributed by atoms with Gasteiger partial charge in [-0.1, -0.05) is 12.1 Å². The van der Waals surface area contributed by atoms with Gasteiger partial charge in [-0.2, -0.15) is 4.31 Å². The molecule has 4 rings (SSSR count). The van der Waals surface area contributed by atoms with Crippen LogP contribution < -0.4 is 20.1 Å². The van der Waals surface area contributed by atoms with Crippen molar-refractivity contribution in [1.82, 2.24) is 14.4 Å². The number of aliphatic hydroxyl groups is 1. The molecule has 2 heterocycles. The third-order valence-corrected chi connectivity index (χ3v) is 9.66. The maximum absolute atomic E-state index is 13.5. The van der Waals surface area contributed by atoms with Crippen LogP contribution in [0.15, 0.2) is 51.9 Å². The standard InChI is InChI=1S/C30H39N5O8S/c1-18-15-35(19(2)17-36)28(37)14-22-13-24(32-30(38)31-23-7-10-25(41-6)11-8-23)9-12-26(22)42-27(18)16-34(5)44(39,40)29-20(3)33-43-21(29)4/h7-13,18-19,27,36H,14-17H2,1-6H3,(H2,31,32,38)/t18-,19-,27+/m0/s1. The van der Waals surface area contributed by atoms with Crippen molar-refractivity contribution < 1.29 is 37.1 Å². The number of hydrogen-bond acceptors (Lipinski definition) is 9. The van der Waals surface area contributed by atoms with Gasteiger partial charge in [-0.25, -0.2) is 13.2 Å². The SMILES string of the molecule is COc1ccc(NC(=O)Nc2ccc3c(c2)CC(=O)N([C@@H](C)CO)C[C@H](C)[C@@H](CN(C)S(=O)(=O)c2c(C)noc2C)O3)cc1. The molecular weight excluding hydrogens is 590 g/mol. The van der Waals surface area contributed by atoms with Gasteiger partial charge in [0.25, 0.3) is 0 Å². The predicted molar refractivity (Wildman–Crippen MR) is 163 cm³/mol. The van der Waals surface area contributed by atoms with E-state index < -0.39 is 28.2 Å². The van der Waals surface area contributed by atoms with Crippen molar-refractivity contribution in [2.24, 2.45) is 5.92 Å². The minimum absolute atomic E-state index is 0.00506. The first-order valence-electron chi connectivity index (χ1n) is 14.1. The molecule has 2 aromatic carbocycles. The van der Waals surface area contributed by atoms with E-state index in [1.54, 1.807) is 75.2 Å². The topological polar surface area (TPSA) is 164 Å². The summed E-state index contributed by atoms with van der Waals surface area (Å²) < 4.78 is 44.8. The molecule has 1 aromatic heterocycles. The Kier molecular flexibility index (Phi) is 10.2. The van der Waals surface area contributed by atoms with E-state index in [9.17, 15) is 23.1 Å². The van der Waals surface area contributed by atoms with E-state index in [4.69, 9.17) is 14.0 Å². The normalized spacial score (nSPS) is 18.0. The molecule has 0 unspecified atom stereocenters. The van der Waals surface area contributed by atoms with E-state index >= 15 is 0 Å². The molecule has 0 saturated carbocycles. The molecular formula is C30H39N5O8S. The molecule has 0 saturated heterocycles. The van der Waals surface area contributed by atoms with E-state index in [1.807, 2.05) is 6.92 Å². The highest BCUT2D eigenvalue weighted by Crippen LogP contribution is 2.30. The van der Waals surface area contributed by atoms with Gasteiger partial charge in [0.05, 0.1) is 32.7 Å². The van der Waals surface area contributed by atoms with Crippen molar-refractivity contribution in [2.45, 2.75) is 51.2 Å². The van der Waals surface area contributed by atoms with Crippen molar-refractivity contribution in [1.29, 1.82) is 0 Å². The molecule has 3 N–H and O–H groups in total. The van der Waals surface area contributed by atoms with Gasteiger partial charge in [-0.05, 0) is 63.2 Å². The van der Waals surface area contributed by atoms with Crippen molar-refractivity contribution in [3.05, 3.63) is 59.5 Å². The number of sulfonamides is 1. The van der Waals surface area contributed by atoms with Gasteiger partial charge in [0, 0.05) is 36.4 Å². The summed E-state index contributed by atoms with van der Waals surface area (Å²) in [4.78, 5) is 27.8. The number of aryl methyl sites for hydroxylation is 2. The Morgan fingerprint density at radius 1 is 1.18 bits per heavy atom. The first-order chi connectivity index (χ1) is 20.8. The number of nitrogens with zero attached hydrogens (tertiary/aromatic N) is 3. The highest BCUT2D eigenvalue weighted by molar-refractivity contribution is 7.89. The number of carbonyl (C=O) groups excluding carboxylic acids is 2. The number of aliphatic hydroxyl groups excluding tert-OH is 1. The lowest BCUT2D eigenvalue weighted by Gasteiger charge is -2.33. The second-order valence-corrected chi connectivity index (χ2v) is 12.9. The van der Waals surface area contributed by atoms with Gasteiger partial charge >= 0.3 is 6.03 Å². The maximum atomic E-state index is 13.5. The molecule has 1 aliphatic heterocycles. The second kappa shape index (κ2) is 13.7. The number of hydrogen-bond donors (Lipinski definition) is 3. The number of anilines is 2. The number of amides is 3. The predicted octanol–water partition coefficient (Wildman–Crippen LogP) is 3.41. The highest BCUT2D eigenvalue weighted by Gasteiger charge is 2.35. The van der Waals surface area contributed by atoms with Crippen LogP contribution in [-0.2, 0) is 21.2 Å². The molecule has 3 amide bonds. The average molecular weight is 630 g/mol. The van der Waals surface area contributed by atoms with Crippen molar-refractivity contribution in [2.75, 3.05) is 44.5 Å². The Morgan fingerprint density at radius 2 is 1.84 bits per heavy atom. The smallest absolute Gasteiger partial charge is 0.323 e. The fraction of sp³-hybridized carbons (Fsp3) is 0.433. The van der Waals surface area contributed by atoms with Crippen LogP contribution in [0.1, 0.15) is 30.9 Å². The molecule has 0 fully saturated rings. The quantitative estimate of drug-likeness (QED) is 0.322. The van der Waals surface area contributed by atoms with Crippen LogP contribution in [0.3, 0.4) is 0 Å². The number of likely N-dealkylation sites (N-methyl/N-ethyl adjacent to an activating group) is 1. The maximum Gasteiger partial charge on any atom is 0.323 e. The van der Waals surface area contributed by atoms with E-state index in [0.29, 0.717) is 28.4 Å². The number of methoxy groups -OCH3 is 1. The minimum atomic E-state index is -3.97. The zero-order valence-electron chi connectivity index (χ0n) is 25.7. The molecule has 1 aliphatic rings. The van der Waals surface area contributed by atoms with Gasteiger partial charge in [-0.15, -0.1) is 0 Å². The van der Waals surface area contributed by atoms with Crippen molar-refractivity contribution >= 4 is 33.3 Å². The fourth-order valence-corrected chi connectivity index (χ4v) is 6.51. The number of nitrogens with one attached hydrogen (secondary N) is 2. The van der Waals surface area contributed by atoms with Crippen LogP contribution in [0.4, 0.5) is 16.2 Å². The van der Waals surface area contributed by atoms with Crippen LogP contribution >= 0.6 is 0 Å². The summed E-state index contributed by atoms with van der Waals surface area (Å²) >= 11 is 0. The lowest BCUT2D eigenvalue weighted by atomic mass is 10.0. The second-order valence-electron chi connectivity index (χ2n) is 11.0. The lowest BCUT2D eigenvalue weighted by Crippen LogP contribution is -2.48. The van der Waals surface area contributed by atoms with Gasteiger partial charge in [-0.3, -0.25) is 4.79 Å². The summed E-state index contributed by atoms with van der Waals surface area (Å²) in [7, 11) is -0.956. The fourth-order valence-electron chi connectivity index (χ4n) is 5.04. The van der Waals surface area contributed by atoms with Crippen LogP contribution in [0.5, 0.6) is 11.5 Å². The van der Waals surface area contributed by atoms with Gasteiger partial charge in [0.2, 0.25) is 15.9 Å². The summed E-state index contributed by atoms with van der Waals surface area (Å²) in [5, 5.41) is 19.2. The van der Waals surface area contributed by atoms with Gasteiger partial charge in [0.1, 0.15) is 28.2 Å². The Hall–Kier alpha value is -4.14. The summed E-state index contributed by atoms with van der Waals surface area (Å²) in [5.41, 5.74) is 1.75. The molecule has 0 spiro atoms. The number of benzene rings is 2. The van der Waals surface area contributed by atoms with E-state index in [-0.39, 0.29) is 54.3 Å².